The average Bonchev–Trinajstić information content (AvgIpc) is 2.80. The number of pyridine rings is 1. The van der Waals surface area contributed by atoms with Crippen LogP contribution in [0.2, 0.25) is 0 Å². The van der Waals surface area contributed by atoms with Gasteiger partial charge < -0.3 is 10.1 Å². The SMILES string of the molecule is COc1cnc2ccc(C(=O)c3cc(NC(=O)c4cccc(F)c4)cc(F)c3F)cc2c1. The van der Waals surface area contributed by atoms with Gasteiger partial charge in [-0.25, -0.2) is 13.2 Å². The Bertz CT molecular complexity index is 1370. The largest absolute Gasteiger partial charge is 0.495 e. The summed E-state index contributed by atoms with van der Waals surface area (Å²) in [4.78, 5) is 29.5. The smallest absolute Gasteiger partial charge is 0.255 e. The summed E-state index contributed by atoms with van der Waals surface area (Å²) in [5, 5.41) is 2.93. The number of ether oxygens (including phenoxy) is 1. The molecule has 0 radical (unpaired) electrons. The van der Waals surface area contributed by atoms with Gasteiger partial charge in [0.1, 0.15) is 11.6 Å². The van der Waals surface area contributed by atoms with Gasteiger partial charge in [-0.15, -0.1) is 0 Å². The van der Waals surface area contributed by atoms with E-state index < -0.39 is 34.7 Å². The van der Waals surface area contributed by atoms with Crippen LogP contribution in [0.1, 0.15) is 26.3 Å². The number of aromatic nitrogens is 1. The summed E-state index contributed by atoms with van der Waals surface area (Å²) < 4.78 is 47.2. The van der Waals surface area contributed by atoms with E-state index in [1.165, 1.54) is 43.6 Å². The van der Waals surface area contributed by atoms with Crippen molar-refractivity contribution in [2.75, 3.05) is 12.4 Å². The molecular weight excluding hydrogens is 421 g/mol. The molecule has 5 nitrogen and oxygen atoms in total. The molecule has 0 atom stereocenters. The quantitative estimate of drug-likeness (QED) is 0.440. The van der Waals surface area contributed by atoms with Gasteiger partial charge in [-0.1, -0.05) is 6.07 Å². The lowest BCUT2D eigenvalue weighted by molar-refractivity contribution is 0.101. The molecular formula is C24H15F3N2O3. The number of rotatable bonds is 5. The number of fused-ring (bicyclic) bond motifs is 1. The number of nitrogens with zero attached hydrogens (tertiary/aromatic N) is 1. The summed E-state index contributed by atoms with van der Waals surface area (Å²) in [5.41, 5.74) is -0.0384. The third-order valence-corrected chi connectivity index (χ3v) is 4.77. The van der Waals surface area contributed by atoms with Crippen molar-refractivity contribution in [3.8, 4) is 5.75 Å². The Morgan fingerprint density at radius 1 is 0.938 bits per heavy atom. The van der Waals surface area contributed by atoms with E-state index in [4.69, 9.17) is 4.74 Å². The Morgan fingerprint density at radius 2 is 1.75 bits per heavy atom. The van der Waals surface area contributed by atoms with E-state index >= 15 is 0 Å². The molecule has 0 aliphatic rings. The standard InChI is InChI=1S/C24H15F3N2O3/c1-32-18-9-15-7-13(5-6-21(15)28-12-18)23(30)19-10-17(11-20(26)22(19)27)29-24(31)14-3-2-4-16(25)8-14/h2-12H,1H3,(H,29,31). The number of halogens is 3. The minimum Gasteiger partial charge on any atom is -0.495 e. The zero-order valence-electron chi connectivity index (χ0n) is 16.7. The molecule has 3 aromatic carbocycles. The lowest BCUT2D eigenvalue weighted by atomic mass is 10.00. The first-order valence-electron chi connectivity index (χ1n) is 9.40. The Labute approximate surface area is 180 Å². The third kappa shape index (κ3) is 4.15. The van der Waals surface area contributed by atoms with Crippen molar-refractivity contribution in [1.82, 2.24) is 4.98 Å². The molecule has 4 rings (SSSR count). The fraction of sp³-hybridized carbons (Fsp3) is 0.0417. The molecule has 1 amide bonds. The lowest BCUT2D eigenvalue weighted by Crippen LogP contribution is -2.14. The molecule has 160 valence electrons. The minimum absolute atomic E-state index is 0.0152. The summed E-state index contributed by atoms with van der Waals surface area (Å²) in [6, 6.07) is 12.8. The average molecular weight is 436 g/mol. The molecule has 0 saturated heterocycles. The summed E-state index contributed by atoms with van der Waals surface area (Å²) in [5.74, 6) is -4.33. The van der Waals surface area contributed by atoms with Crippen LogP contribution in [-0.2, 0) is 0 Å². The van der Waals surface area contributed by atoms with Gasteiger partial charge in [-0.05, 0) is 48.5 Å². The van der Waals surface area contributed by atoms with Crippen molar-refractivity contribution < 1.29 is 27.5 Å². The van der Waals surface area contributed by atoms with Crippen molar-refractivity contribution in [3.05, 3.63) is 101 Å². The second kappa shape index (κ2) is 8.50. The van der Waals surface area contributed by atoms with Crippen molar-refractivity contribution in [1.29, 1.82) is 0 Å². The summed E-state index contributed by atoms with van der Waals surface area (Å²) >= 11 is 0. The predicted octanol–water partition coefficient (Wildman–Crippen LogP) is 5.14. The van der Waals surface area contributed by atoms with Crippen LogP contribution in [0.3, 0.4) is 0 Å². The molecule has 1 N–H and O–H groups in total. The molecule has 0 aliphatic heterocycles. The monoisotopic (exact) mass is 436 g/mol. The second-order valence-electron chi connectivity index (χ2n) is 6.90. The van der Waals surface area contributed by atoms with Gasteiger partial charge in [-0.2, -0.15) is 0 Å². The van der Waals surface area contributed by atoms with E-state index in [2.05, 4.69) is 10.3 Å². The van der Waals surface area contributed by atoms with Crippen LogP contribution in [0, 0.1) is 17.5 Å². The summed E-state index contributed by atoms with van der Waals surface area (Å²) in [6.45, 7) is 0. The maximum atomic E-state index is 14.5. The first-order chi connectivity index (χ1) is 15.4. The van der Waals surface area contributed by atoms with Crippen molar-refractivity contribution in [2.24, 2.45) is 0 Å². The molecule has 0 bridgehead atoms. The highest BCUT2D eigenvalue weighted by Gasteiger charge is 2.20. The zero-order chi connectivity index (χ0) is 22.8. The second-order valence-corrected chi connectivity index (χ2v) is 6.90. The van der Waals surface area contributed by atoms with E-state index in [0.717, 1.165) is 18.2 Å². The van der Waals surface area contributed by atoms with Gasteiger partial charge in [0, 0.05) is 28.3 Å². The number of amides is 1. The topological polar surface area (TPSA) is 68.3 Å². The number of nitrogens with one attached hydrogen (secondary N) is 1. The van der Waals surface area contributed by atoms with Crippen molar-refractivity contribution >= 4 is 28.3 Å². The molecule has 0 spiro atoms. The van der Waals surface area contributed by atoms with Crippen LogP contribution in [0.15, 0.2) is 66.9 Å². The summed E-state index contributed by atoms with van der Waals surface area (Å²) in [7, 11) is 1.47. The highest BCUT2D eigenvalue weighted by atomic mass is 19.2. The first kappa shape index (κ1) is 21.0. The molecule has 0 aliphatic carbocycles. The molecule has 32 heavy (non-hydrogen) atoms. The van der Waals surface area contributed by atoms with Crippen molar-refractivity contribution in [3.63, 3.8) is 0 Å². The number of ketones is 1. The van der Waals surface area contributed by atoms with Gasteiger partial charge in [-0.3, -0.25) is 14.6 Å². The number of anilines is 1. The van der Waals surface area contributed by atoms with E-state index in [-0.39, 0.29) is 16.8 Å². The Morgan fingerprint density at radius 3 is 2.50 bits per heavy atom. The maximum Gasteiger partial charge on any atom is 0.255 e. The predicted molar refractivity (Wildman–Crippen MR) is 112 cm³/mol. The molecule has 8 heteroatoms. The Balaban J connectivity index is 1.68. The molecule has 4 aromatic rings. The highest BCUT2D eigenvalue weighted by Crippen LogP contribution is 2.25. The van der Waals surface area contributed by atoms with Gasteiger partial charge >= 0.3 is 0 Å². The number of hydrogen-bond acceptors (Lipinski definition) is 4. The van der Waals surface area contributed by atoms with E-state index in [0.29, 0.717) is 16.7 Å². The Kier molecular flexibility index (Phi) is 5.59. The van der Waals surface area contributed by atoms with E-state index in [1.54, 1.807) is 12.1 Å². The summed E-state index contributed by atoms with van der Waals surface area (Å²) in [6.07, 6.45) is 1.52. The number of carbonyl (C=O) groups is 2. The molecule has 0 saturated carbocycles. The number of methoxy groups -OCH3 is 1. The van der Waals surface area contributed by atoms with Crippen LogP contribution in [-0.4, -0.2) is 23.8 Å². The van der Waals surface area contributed by atoms with Crippen LogP contribution in [0.5, 0.6) is 5.75 Å². The third-order valence-electron chi connectivity index (χ3n) is 4.77. The zero-order valence-corrected chi connectivity index (χ0v) is 16.7. The fourth-order valence-corrected chi connectivity index (χ4v) is 3.18. The highest BCUT2D eigenvalue weighted by molar-refractivity contribution is 6.12. The van der Waals surface area contributed by atoms with E-state index in [1.807, 2.05) is 0 Å². The molecule has 1 aromatic heterocycles. The van der Waals surface area contributed by atoms with E-state index in [9.17, 15) is 22.8 Å². The van der Waals surface area contributed by atoms with Crippen molar-refractivity contribution in [2.45, 2.75) is 0 Å². The van der Waals surface area contributed by atoms with Crippen LogP contribution < -0.4 is 10.1 Å². The number of carbonyl (C=O) groups excluding carboxylic acids is 2. The minimum atomic E-state index is -1.34. The van der Waals surface area contributed by atoms with Crippen LogP contribution in [0.4, 0.5) is 18.9 Å². The lowest BCUT2D eigenvalue weighted by Gasteiger charge is -2.10. The maximum absolute atomic E-state index is 14.5. The van der Waals surface area contributed by atoms with Gasteiger partial charge in [0.25, 0.3) is 5.91 Å². The first-order valence-corrected chi connectivity index (χ1v) is 9.40. The van der Waals surface area contributed by atoms with Gasteiger partial charge in [0.15, 0.2) is 17.4 Å². The number of hydrogen-bond donors (Lipinski definition) is 1. The van der Waals surface area contributed by atoms with Crippen LogP contribution in [0.25, 0.3) is 10.9 Å². The Hall–Kier alpha value is -4.20. The van der Waals surface area contributed by atoms with Crippen LogP contribution >= 0.6 is 0 Å². The van der Waals surface area contributed by atoms with Gasteiger partial charge in [0.05, 0.1) is 24.4 Å². The normalized spacial score (nSPS) is 10.8. The molecule has 0 unspecified atom stereocenters. The number of benzene rings is 3. The van der Waals surface area contributed by atoms with Gasteiger partial charge in [0.2, 0.25) is 0 Å². The molecule has 0 fully saturated rings. The fourth-order valence-electron chi connectivity index (χ4n) is 3.18. The molecule has 1 heterocycles.